The van der Waals surface area contributed by atoms with Gasteiger partial charge in [-0.05, 0) is 0 Å². The molecule has 0 aromatic carbocycles. The van der Waals surface area contributed by atoms with Gasteiger partial charge >= 0.3 is 11.9 Å². The fraction of sp³-hybridized carbons (Fsp3) is 1.00. The lowest BCUT2D eigenvalue weighted by Gasteiger charge is -2.36. The van der Waals surface area contributed by atoms with Gasteiger partial charge in [0.05, 0.1) is 0 Å². The van der Waals surface area contributed by atoms with Crippen LogP contribution in [0.5, 0.6) is 0 Å². The Balaban J connectivity index is 4.86. The predicted molar refractivity (Wildman–Crippen MR) is 32.0 cm³/mol. The zero-order valence-electron chi connectivity index (χ0n) is 6.10. The van der Waals surface area contributed by atoms with E-state index in [9.17, 15) is 0 Å². The SMILES string of the molecule is OC(C(O)(O)O)C(O)(O)C(O)(O)O. The molecule has 1 atom stereocenters. The maximum atomic E-state index is 8.53. The molecule has 0 aliphatic heterocycles. The van der Waals surface area contributed by atoms with Gasteiger partial charge in [-0.2, -0.15) is 0 Å². The van der Waals surface area contributed by atoms with Crippen LogP contribution in [0.2, 0.25) is 0 Å². The topological polar surface area (TPSA) is 182 Å². The first-order valence-corrected chi connectivity index (χ1v) is 2.87. The van der Waals surface area contributed by atoms with Gasteiger partial charge < -0.3 is 46.0 Å². The molecule has 0 heterocycles. The molecule has 0 saturated heterocycles. The largest absolute Gasteiger partial charge is 0.380 e. The van der Waals surface area contributed by atoms with E-state index in [1.807, 2.05) is 0 Å². The van der Waals surface area contributed by atoms with Crippen LogP contribution in [0.3, 0.4) is 0 Å². The third kappa shape index (κ3) is 2.54. The number of hydrogen-bond acceptors (Lipinski definition) is 9. The monoisotopic (exact) mass is 202 g/mol. The average Bonchev–Trinajstić information content (AvgIpc) is 1.81. The van der Waals surface area contributed by atoms with Crippen LogP contribution >= 0.6 is 0 Å². The molecule has 0 bridgehead atoms. The Morgan fingerprint density at radius 2 is 1.00 bits per heavy atom. The van der Waals surface area contributed by atoms with E-state index in [1.165, 1.54) is 0 Å². The van der Waals surface area contributed by atoms with E-state index < -0.39 is 23.8 Å². The zero-order chi connectivity index (χ0) is 11.1. The molecule has 80 valence electrons. The Hall–Kier alpha value is -0.360. The van der Waals surface area contributed by atoms with Gasteiger partial charge in [-0.1, -0.05) is 0 Å². The van der Waals surface area contributed by atoms with Crippen LogP contribution in [0, 0.1) is 0 Å². The maximum Gasteiger partial charge on any atom is 0.335 e. The van der Waals surface area contributed by atoms with Crippen molar-refractivity contribution in [1.29, 1.82) is 0 Å². The van der Waals surface area contributed by atoms with Crippen LogP contribution in [0.25, 0.3) is 0 Å². The van der Waals surface area contributed by atoms with Gasteiger partial charge in [0.15, 0.2) is 6.10 Å². The van der Waals surface area contributed by atoms with Crippen molar-refractivity contribution in [3.63, 3.8) is 0 Å². The zero-order valence-corrected chi connectivity index (χ0v) is 6.10. The van der Waals surface area contributed by atoms with Crippen LogP contribution in [0.1, 0.15) is 0 Å². The molecule has 13 heavy (non-hydrogen) atoms. The third-order valence-corrected chi connectivity index (χ3v) is 1.24. The van der Waals surface area contributed by atoms with Crippen LogP contribution < -0.4 is 0 Å². The molecule has 0 radical (unpaired) electrons. The highest BCUT2D eigenvalue weighted by atomic mass is 16.7. The third-order valence-electron chi connectivity index (χ3n) is 1.24. The molecular formula is C4H10O9. The van der Waals surface area contributed by atoms with Crippen molar-refractivity contribution in [1.82, 2.24) is 0 Å². The fourth-order valence-electron chi connectivity index (χ4n) is 0.453. The van der Waals surface area contributed by atoms with Crippen LogP contribution in [-0.4, -0.2) is 69.8 Å². The number of hydrogen-bond donors (Lipinski definition) is 9. The summed E-state index contributed by atoms with van der Waals surface area (Å²) in [6, 6.07) is 0. The first-order valence-electron chi connectivity index (χ1n) is 2.87. The molecule has 0 aromatic heterocycles. The van der Waals surface area contributed by atoms with E-state index in [0.717, 1.165) is 0 Å². The first kappa shape index (κ1) is 12.6. The van der Waals surface area contributed by atoms with Crippen molar-refractivity contribution in [2.45, 2.75) is 23.8 Å². The second kappa shape index (κ2) is 3.09. The molecular weight excluding hydrogens is 192 g/mol. The molecule has 9 heteroatoms. The summed E-state index contributed by atoms with van der Waals surface area (Å²) >= 11 is 0. The molecule has 1 unspecified atom stereocenters. The maximum absolute atomic E-state index is 8.53. The second-order valence-corrected chi connectivity index (χ2v) is 2.45. The van der Waals surface area contributed by atoms with E-state index >= 15 is 0 Å². The van der Waals surface area contributed by atoms with Crippen LogP contribution in [-0.2, 0) is 0 Å². The summed E-state index contributed by atoms with van der Waals surface area (Å²) in [5, 5.41) is 74.7. The minimum atomic E-state index is -4.24. The van der Waals surface area contributed by atoms with E-state index in [4.69, 9.17) is 46.0 Å². The van der Waals surface area contributed by atoms with Crippen molar-refractivity contribution in [2.75, 3.05) is 0 Å². The minimum Gasteiger partial charge on any atom is -0.380 e. The Morgan fingerprint density at radius 3 is 1.08 bits per heavy atom. The number of aliphatic hydroxyl groups is 9. The van der Waals surface area contributed by atoms with Crippen molar-refractivity contribution in [3.05, 3.63) is 0 Å². The van der Waals surface area contributed by atoms with Crippen molar-refractivity contribution >= 4 is 0 Å². The van der Waals surface area contributed by atoms with E-state index in [-0.39, 0.29) is 0 Å². The highest BCUT2D eigenvalue weighted by Crippen LogP contribution is 2.23. The molecule has 0 rings (SSSR count). The Bertz CT molecular complexity index is 173. The average molecular weight is 202 g/mol. The molecule has 9 nitrogen and oxygen atoms in total. The van der Waals surface area contributed by atoms with Gasteiger partial charge in [0.25, 0.3) is 5.79 Å². The highest BCUT2D eigenvalue weighted by molar-refractivity contribution is 4.85. The van der Waals surface area contributed by atoms with Gasteiger partial charge in [0.2, 0.25) is 0 Å². The quantitative estimate of drug-likeness (QED) is 0.201. The fourth-order valence-corrected chi connectivity index (χ4v) is 0.453. The molecule has 9 N–H and O–H groups in total. The second-order valence-electron chi connectivity index (χ2n) is 2.45. The molecule has 0 aliphatic rings. The van der Waals surface area contributed by atoms with E-state index in [0.29, 0.717) is 0 Å². The predicted octanol–water partition coefficient (Wildman–Crippen LogP) is -5.71. The summed E-state index contributed by atoms with van der Waals surface area (Å²) in [5.41, 5.74) is 0. The normalized spacial score (nSPS) is 17.3. The van der Waals surface area contributed by atoms with Gasteiger partial charge in [0.1, 0.15) is 0 Å². The molecule has 0 amide bonds. The van der Waals surface area contributed by atoms with Gasteiger partial charge in [-0.3, -0.25) is 0 Å². The smallest absolute Gasteiger partial charge is 0.335 e. The summed E-state index contributed by atoms with van der Waals surface area (Å²) in [4.78, 5) is 0. The van der Waals surface area contributed by atoms with E-state index in [1.54, 1.807) is 0 Å². The molecule has 0 fully saturated rings. The Labute approximate surface area is 71.0 Å². The number of aliphatic hydroxyl groups excluding tert-OH is 1. The summed E-state index contributed by atoms with van der Waals surface area (Å²) < 4.78 is 0. The van der Waals surface area contributed by atoms with Gasteiger partial charge in [0, 0.05) is 0 Å². The molecule has 0 spiro atoms. The lowest BCUT2D eigenvalue weighted by atomic mass is 10.1. The summed E-state index contributed by atoms with van der Waals surface area (Å²) in [6.45, 7) is 0. The number of rotatable bonds is 3. The van der Waals surface area contributed by atoms with Crippen molar-refractivity contribution in [2.24, 2.45) is 0 Å². The van der Waals surface area contributed by atoms with E-state index in [2.05, 4.69) is 0 Å². The summed E-state index contributed by atoms with van der Waals surface area (Å²) in [7, 11) is 0. The summed E-state index contributed by atoms with van der Waals surface area (Å²) in [5.74, 6) is -12.4. The van der Waals surface area contributed by atoms with Gasteiger partial charge in [-0.25, -0.2) is 0 Å². The first-order chi connectivity index (χ1) is 5.40. The Kier molecular flexibility index (Phi) is 3.01. The van der Waals surface area contributed by atoms with Crippen LogP contribution in [0.4, 0.5) is 0 Å². The van der Waals surface area contributed by atoms with Crippen molar-refractivity contribution in [3.8, 4) is 0 Å². The molecule has 0 aromatic rings. The molecule has 0 saturated carbocycles. The van der Waals surface area contributed by atoms with Crippen LogP contribution in [0.15, 0.2) is 0 Å². The summed E-state index contributed by atoms with van der Waals surface area (Å²) in [6.07, 6.45) is -3.25. The van der Waals surface area contributed by atoms with Gasteiger partial charge in [-0.15, -0.1) is 0 Å². The van der Waals surface area contributed by atoms with Crippen molar-refractivity contribution < 1.29 is 46.0 Å². The molecule has 0 aliphatic carbocycles. The Morgan fingerprint density at radius 1 is 0.692 bits per heavy atom. The highest BCUT2D eigenvalue weighted by Gasteiger charge is 2.59. The lowest BCUT2D eigenvalue weighted by molar-refractivity contribution is -0.500. The standard InChI is InChI=1S/C4H10O9/c5-1(3(8,9)10)2(6,7)4(11,12)13/h1,5-13H. The minimum absolute atomic E-state index is 3.25. The lowest BCUT2D eigenvalue weighted by Crippen LogP contribution is -2.68.